The number of aromatic nitrogens is 1. The monoisotopic (exact) mass is 422 g/mol. The fraction of sp³-hybridized carbons (Fsp3) is 0.333. The standard InChI is InChI=1S/C24H27FN4O2/c1-26-24(28-14-19-4-2-3-5-22(19)30-15-17-6-7-17)27-13-12-21-16-31-23(29-21)18-8-10-20(25)11-9-18/h2-5,8-11,16-17H,6-7,12-15H2,1H3,(H2,26,27,28). The Hall–Kier alpha value is -3.35. The van der Waals surface area contributed by atoms with Gasteiger partial charge in [0, 0.05) is 37.7 Å². The van der Waals surface area contributed by atoms with Gasteiger partial charge in [-0.05, 0) is 49.1 Å². The van der Waals surface area contributed by atoms with Gasteiger partial charge >= 0.3 is 0 Å². The lowest BCUT2D eigenvalue weighted by molar-refractivity contribution is 0.296. The van der Waals surface area contributed by atoms with Crippen LogP contribution in [0.1, 0.15) is 24.1 Å². The molecule has 0 aliphatic heterocycles. The van der Waals surface area contributed by atoms with Crippen LogP contribution >= 0.6 is 0 Å². The van der Waals surface area contributed by atoms with Gasteiger partial charge < -0.3 is 19.8 Å². The van der Waals surface area contributed by atoms with Crippen molar-refractivity contribution in [3.8, 4) is 17.2 Å². The molecule has 0 unspecified atom stereocenters. The van der Waals surface area contributed by atoms with Crippen LogP contribution in [0.5, 0.6) is 5.75 Å². The lowest BCUT2D eigenvalue weighted by Gasteiger charge is -2.14. The van der Waals surface area contributed by atoms with Crippen molar-refractivity contribution in [1.29, 1.82) is 0 Å². The Morgan fingerprint density at radius 3 is 2.74 bits per heavy atom. The second-order valence-corrected chi connectivity index (χ2v) is 7.62. The van der Waals surface area contributed by atoms with Crippen molar-refractivity contribution in [3.63, 3.8) is 0 Å². The molecule has 1 saturated carbocycles. The number of guanidine groups is 1. The molecule has 3 aromatic rings. The van der Waals surface area contributed by atoms with E-state index in [4.69, 9.17) is 9.15 Å². The first-order valence-electron chi connectivity index (χ1n) is 10.6. The van der Waals surface area contributed by atoms with E-state index in [1.807, 2.05) is 18.2 Å². The highest BCUT2D eigenvalue weighted by Gasteiger charge is 2.22. The van der Waals surface area contributed by atoms with Crippen molar-refractivity contribution < 1.29 is 13.5 Å². The number of para-hydroxylation sites is 1. The van der Waals surface area contributed by atoms with E-state index in [-0.39, 0.29) is 5.82 Å². The molecule has 1 aromatic heterocycles. The van der Waals surface area contributed by atoms with Crippen LogP contribution in [0, 0.1) is 11.7 Å². The summed E-state index contributed by atoms with van der Waals surface area (Å²) in [5, 5.41) is 6.62. The Kier molecular flexibility index (Phi) is 6.82. The molecule has 0 atom stereocenters. The van der Waals surface area contributed by atoms with Gasteiger partial charge in [-0.1, -0.05) is 18.2 Å². The van der Waals surface area contributed by atoms with E-state index in [2.05, 4.69) is 26.7 Å². The number of aliphatic imine (C=N–C) groups is 1. The van der Waals surface area contributed by atoms with Gasteiger partial charge in [0.25, 0.3) is 0 Å². The molecule has 0 bridgehead atoms. The topological polar surface area (TPSA) is 71.7 Å². The van der Waals surface area contributed by atoms with E-state index >= 15 is 0 Å². The summed E-state index contributed by atoms with van der Waals surface area (Å²) in [6, 6.07) is 14.2. The number of oxazole rings is 1. The Morgan fingerprint density at radius 2 is 1.97 bits per heavy atom. The van der Waals surface area contributed by atoms with Gasteiger partial charge in [0.1, 0.15) is 17.8 Å². The largest absolute Gasteiger partial charge is 0.493 e. The Bertz CT molecular complexity index is 1010. The molecule has 2 aromatic carbocycles. The average Bonchev–Trinajstić information content (AvgIpc) is 3.51. The highest BCUT2D eigenvalue weighted by molar-refractivity contribution is 5.79. The third-order valence-electron chi connectivity index (χ3n) is 5.13. The van der Waals surface area contributed by atoms with Crippen LogP contribution in [0.2, 0.25) is 0 Å². The van der Waals surface area contributed by atoms with Gasteiger partial charge in [0.05, 0.1) is 12.3 Å². The molecule has 6 nitrogen and oxygen atoms in total. The van der Waals surface area contributed by atoms with Crippen molar-refractivity contribution in [2.45, 2.75) is 25.8 Å². The quantitative estimate of drug-likeness (QED) is 0.400. The van der Waals surface area contributed by atoms with Gasteiger partial charge in [0.15, 0.2) is 5.96 Å². The highest BCUT2D eigenvalue weighted by Crippen LogP contribution is 2.30. The fourth-order valence-electron chi connectivity index (χ4n) is 3.14. The molecule has 1 heterocycles. The van der Waals surface area contributed by atoms with Crippen molar-refractivity contribution in [1.82, 2.24) is 15.6 Å². The summed E-state index contributed by atoms with van der Waals surface area (Å²) >= 11 is 0. The fourth-order valence-corrected chi connectivity index (χ4v) is 3.14. The van der Waals surface area contributed by atoms with E-state index in [0.29, 0.717) is 31.4 Å². The SMILES string of the molecule is CN=C(NCCc1coc(-c2ccc(F)cc2)n1)NCc1ccccc1OCC1CC1. The molecule has 1 fully saturated rings. The van der Waals surface area contributed by atoms with Crippen molar-refractivity contribution >= 4 is 5.96 Å². The molecular formula is C24H27FN4O2. The molecular weight excluding hydrogens is 395 g/mol. The lowest BCUT2D eigenvalue weighted by Crippen LogP contribution is -2.38. The van der Waals surface area contributed by atoms with Gasteiger partial charge in [-0.3, -0.25) is 4.99 Å². The average molecular weight is 423 g/mol. The summed E-state index contributed by atoms with van der Waals surface area (Å²) in [5.41, 5.74) is 2.67. The number of benzene rings is 2. The summed E-state index contributed by atoms with van der Waals surface area (Å²) in [6.45, 7) is 2.07. The Labute approximate surface area is 181 Å². The second-order valence-electron chi connectivity index (χ2n) is 7.62. The van der Waals surface area contributed by atoms with Crippen molar-refractivity contribution in [2.75, 3.05) is 20.2 Å². The van der Waals surface area contributed by atoms with E-state index in [1.165, 1.54) is 25.0 Å². The maximum Gasteiger partial charge on any atom is 0.226 e. The molecule has 162 valence electrons. The number of nitrogens with zero attached hydrogens (tertiary/aromatic N) is 2. The molecule has 0 spiro atoms. The third kappa shape index (κ3) is 6.07. The number of nitrogens with one attached hydrogen (secondary N) is 2. The summed E-state index contributed by atoms with van der Waals surface area (Å²) in [4.78, 5) is 8.76. The van der Waals surface area contributed by atoms with Crippen LogP contribution in [0.25, 0.3) is 11.5 Å². The molecule has 1 aliphatic rings. The molecule has 0 amide bonds. The molecule has 31 heavy (non-hydrogen) atoms. The van der Waals surface area contributed by atoms with E-state index < -0.39 is 0 Å². The maximum atomic E-state index is 13.1. The van der Waals surface area contributed by atoms with E-state index in [9.17, 15) is 4.39 Å². The predicted molar refractivity (Wildman–Crippen MR) is 118 cm³/mol. The summed E-state index contributed by atoms with van der Waals surface area (Å²) < 4.78 is 24.6. The summed E-state index contributed by atoms with van der Waals surface area (Å²) in [6.07, 6.45) is 4.85. The molecule has 0 radical (unpaired) electrons. The van der Waals surface area contributed by atoms with Crippen LogP contribution in [0.4, 0.5) is 4.39 Å². The minimum atomic E-state index is -0.282. The number of halogens is 1. The molecule has 1 aliphatic carbocycles. The minimum Gasteiger partial charge on any atom is -0.493 e. The van der Waals surface area contributed by atoms with Crippen LogP contribution in [0.3, 0.4) is 0 Å². The predicted octanol–water partition coefficient (Wildman–Crippen LogP) is 4.18. The van der Waals surface area contributed by atoms with Gasteiger partial charge in [-0.25, -0.2) is 9.37 Å². The summed E-state index contributed by atoms with van der Waals surface area (Å²) in [5.74, 6) is 2.55. The number of ether oxygens (including phenoxy) is 1. The minimum absolute atomic E-state index is 0.282. The van der Waals surface area contributed by atoms with Gasteiger partial charge in [-0.15, -0.1) is 0 Å². The first-order chi connectivity index (χ1) is 15.2. The zero-order valence-electron chi connectivity index (χ0n) is 17.6. The van der Waals surface area contributed by atoms with E-state index in [1.54, 1.807) is 25.4 Å². The molecule has 4 rings (SSSR count). The normalized spacial score (nSPS) is 13.8. The highest BCUT2D eigenvalue weighted by atomic mass is 19.1. The van der Waals surface area contributed by atoms with Gasteiger partial charge in [-0.2, -0.15) is 0 Å². The molecule has 0 saturated heterocycles. The van der Waals surface area contributed by atoms with Crippen molar-refractivity contribution in [3.05, 3.63) is 71.9 Å². The van der Waals surface area contributed by atoms with Crippen LogP contribution < -0.4 is 15.4 Å². The maximum absolute atomic E-state index is 13.1. The number of hydrogen-bond acceptors (Lipinski definition) is 4. The molecule has 7 heteroatoms. The van der Waals surface area contributed by atoms with E-state index in [0.717, 1.165) is 35.1 Å². The molecule has 2 N–H and O–H groups in total. The first kappa shape index (κ1) is 20.9. The zero-order chi connectivity index (χ0) is 21.5. The number of rotatable bonds is 9. The third-order valence-corrected chi connectivity index (χ3v) is 5.13. The Morgan fingerprint density at radius 1 is 1.16 bits per heavy atom. The Balaban J connectivity index is 1.24. The zero-order valence-corrected chi connectivity index (χ0v) is 17.6. The number of hydrogen-bond donors (Lipinski definition) is 2. The van der Waals surface area contributed by atoms with Crippen LogP contribution in [-0.4, -0.2) is 31.1 Å². The van der Waals surface area contributed by atoms with Gasteiger partial charge in [0.2, 0.25) is 5.89 Å². The van der Waals surface area contributed by atoms with Crippen LogP contribution in [-0.2, 0) is 13.0 Å². The second kappa shape index (κ2) is 10.1. The van der Waals surface area contributed by atoms with Crippen LogP contribution in [0.15, 0.2) is 64.2 Å². The first-order valence-corrected chi connectivity index (χ1v) is 10.6. The summed E-state index contributed by atoms with van der Waals surface area (Å²) in [7, 11) is 1.74. The smallest absolute Gasteiger partial charge is 0.226 e. The lowest BCUT2D eigenvalue weighted by atomic mass is 10.2. The van der Waals surface area contributed by atoms with Crippen molar-refractivity contribution in [2.24, 2.45) is 10.9 Å².